The fraction of sp³-hybridized carbons (Fsp3) is 0.417. The Balaban J connectivity index is 2.99. The van der Waals surface area contributed by atoms with Crippen molar-refractivity contribution in [3.63, 3.8) is 0 Å². The van der Waals surface area contributed by atoms with Gasteiger partial charge in [0.2, 0.25) is 0 Å². The maximum absolute atomic E-state index is 13.6. The van der Waals surface area contributed by atoms with E-state index in [0.717, 1.165) is 6.07 Å². The molecule has 1 unspecified atom stereocenters. The van der Waals surface area contributed by atoms with Crippen LogP contribution in [0.2, 0.25) is 0 Å². The number of ketones is 1. The zero-order valence-corrected chi connectivity index (χ0v) is 9.80. The van der Waals surface area contributed by atoms with Gasteiger partial charge in [-0.2, -0.15) is 0 Å². The van der Waals surface area contributed by atoms with Gasteiger partial charge in [-0.05, 0) is 25.0 Å². The number of Topliss-reactive ketones (excluding diaryl/α,β-unsaturated/α-hetero) is 1. The molecule has 0 aromatic heterocycles. The van der Waals surface area contributed by atoms with Crippen molar-refractivity contribution in [1.82, 2.24) is 0 Å². The molecule has 1 rings (SSSR count). The van der Waals surface area contributed by atoms with Crippen LogP contribution >= 0.6 is 0 Å². The Labute approximate surface area is 98.6 Å². The quantitative estimate of drug-likeness (QED) is 0.802. The van der Waals surface area contributed by atoms with Gasteiger partial charge in [0.25, 0.3) is 0 Å². The van der Waals surface area contributed by atoms with Crippen LogP contribution in [-0.4, -0.2) is 25.5 Å². The number of nitrogens with two attached hydrogens (primary N) is 1. The second-order valence-electron chi connectivity index (χ2n) is 3.81. The third-order valence-corrected chi connectivity index (χ3v) is 2.50. The third kappa shape index (κ3) is 3.08. The molecule has 1 atom stereocenters. The smallest absolute Gasteiger partial charge is 0.185 e. The normalized spacial score (nSPS) is 12.5. The average Bonchev–Trinajstić information content (AvgIpc) is 2.31. The number of ether oxygens (including phenoxy) is 1. The topological polar surface area (TPSA) is 52.3 Å². The summed E-state index contributed by atoms with van der Waals surface area (Å²) >= 11 is 0. The van der Waals surface area contributed by atoms with Crippen LogP contribution in [0.1, 0.15) is 22.3 Å². The molecule has 1 aromatic rings. The van der Waals surface area contributed by atoms with Gasteiger partial charge >= 0.3 is 0 Å². The van der Waals surface area contributed by atoms with Crippen LogP contribution in [0.4, 0.5) is 8.78 Å². The lowest BCUT2D eigenvalue weighted by Crippen LogP contribution is -2.33. The van der Waals surface area contributed by atoms with E-state index in [-0.39, 0.29) is 18.6 Å². The van der Waals surface area contributed by atoms with E-state index in [2.05, 4.69) is 0 Å². The number of carbonyl (C=O) groups is 1. The highest BCUT2D eigenvalue weighted by Crippen LogP contribution is 2.18. The Morgan fingerprint density at radius 2 is 2.12 bits per heavy atom. The number of benzene rings is 1. The number of halogens is 2. The van der Waals surface area contributed by atoms with E-state index in [1.54, 1.807) is 0 Å². The summed E-state index contributed by atoms with van der Waals surface area (Å²) in [5.74, 6) is -2.46. The Hall–Kier alpha value is -1.33. The molecule has 0 amide bonds. The lowest BCUT2D eigenvalue weighted by Gasteiger charge is -2.12. The van der Waals surface area contributed by atoms with Crippen molar-refractivity contribution in [3.05, 3.63) is 34.9 Å². The SMILES string of the molecule is COCCC(N)C(=O)c1c(F)ccc(C)c1F. The predicted octanol–water partition coefficient (Wildman–Crippen LogP) is 1.82. The Kier molecular flexibility index (Phi) is 4.72. The van der Waals surface area contributed by atoms with Crippen LogP contribution in [0.15, 0.2) is 12.1 Å². The number of hydrogen-bond donors (Lipinski definition) is 1. The van der Waals surface area contributed by atoms with Crippen molar-refractivity contribution in [2.45, 2.75) is 19.4 Å². The number of methoxy groups -OCH3 is 1. The molecule has 0 aliphatic heterocycles. The molecular formula is C12H15F2NO2. The summed E-state index contributed by atoms with van der Waals surface area (Å²) < 4.78 is 31.8. The molecule has 1 aromatic carbocycles. The van der Waals surface area contributed by atoms with Crippen molar-refractivity contribution in [2.24, 2.45) is 5.73 Å². The lowest BCUT2D eigenvalue weighted by atomic mass is 9.99. The second kappa shape index (κ2) is 5.84. The number of aryl methyl sites for hydroxylation is 1. The molecule has 0 bridgehead atoms. The Morgan fingerprint density at radius 3 is 2.71 bits per heavy atom. The van der Waals surface area contributed by atoms with E-state index in [4.69, 9.17) is 10.5 Å². The first kappa shape index (κ1) is 13.7. The molecule has 0 aliphatic rings. The first-order chi connectivity index (χ1) is 7.99. The predicted molar refractivity (Wildman–Crippen MR) is 59.9 cm³/mol. The largest absolute Gasteiger partial charge is 0.385 e. The molecule has 0 spiro atoms. The minimum absolute atomic E-state index is 0.216. The van der Waals surface area contributed by atoms with Gasteiger partial charge < -0.3 is 10.5 Å². The van der Waals surface area contributed by atoms with Crippen molar-refractivity contribution in [3.8, 4) is 0 Å². The van der Waals surface area contributed by atoms with Gasteiger partial charge in [-0.3, -0.25) is 4.79 Å². The van der Waals surface area contributed by atoms with E-state index < -0.39 is 29.0 Å². The van der Waals surface area contributed by atoms with Crippen molar-refractivity contribution >= 4 is 5.78 Å². The first-order valence-electron chi connectivity index (χ1n) is 5.22. The number of carbonyl (C=O) groups excluding carboxylic acids is 1. The van der Waals surface area contributed by atoms with Crippen molar-refractivity contribution in [1.29, 1.82) is 0 Å². The van der Waals surface area contributed by atoms with Crippen LogP contribution in [-0.2, 0) is 4.74 Å². The highest BCUT2D eigenvalue weighted by atomic mass is 19.1. The van der Waals surface area contributed by atoms with Gasteiger partial charge in [0.15, 0.2) is 5.78 Å². The van der Waals surface area contributed by atoms with E-state index in [1.807, 2.05) is 0 Å². The summed E-state index contributed by atoms with van der Waals surface area (Å²) in [6, 6.07) is 1.39. The molecule has 2 N–H and O–H groups in total. The summed E-state index contributed by atoms with van der Waals surface area (Å²) in [4.78, 5) is 11.8. The third-order valence-electron chi connectivity index (χ3n) is 2.50. The molecule has 5 heteroatoms. The molecule has 0 saturated heterocycles. The van der Waals surface area contributed by atoms with Gasteiger partial charge in [-0.25, -0.2) is 8.78 Å². The van der Waals surface area contributed by atoms with E-state index >= 15 is 0 Å². The minimum Gasteiger partial charge on any atom is -0.385 e. The molecule has 0 fully saturated rings. The highest BCUT2D eigenvalue weighted by Gasteiger charge is 2.23. The van der Waals surface area contributed by atoms with E-state index in [0.29, 0.717) is 0 Å². The summed E-state index contributed by atoms with van der Waals surface area (Å²) in [5.41, 5.74) is 5.22. The molecule has 3 nitrogen and oxygen atoms in total. The van der Waals surface area contributed by atoms with Gasteiger partial charge in [0.1, 0.15) is 11.6 Å². The lowest BCUT2D eigenvalue weighted by molar-refractivity contribution is 0.0927. The van der Waals surface area contributed by atoms with Crippen LogP contribution in [0.25, 0.3) is 0 Å². The van der Waals surface area contributed by atoms with Crippen LogP contribution in [0.5, 0.6) is 0 Å². The fourth-order valence-corrected chi connectivity index (χ4v) is 1.44. The molecule has 94 valence electrons. The molecule has 0 saturated carbocycles. The van der Waals surface area contributed by atoms with Crippen molar-refractivity contribution in [2.75, 3.05) is 13.7 Å². The summed E-state index contributed by atoms with van der Waals surface area (Å²) in [6.45, 7) is 1.73. The van der Waals surface area contributed by atoms with E-state index in [1.165, 1.54) is 20.1 Å². The maximum atomic E-state index is 13.6. The van der Waals surface area contributed by atoms with Gasteiger partial charge in [0, 0.05) is 13.7 Å². The van der Waals surface area contributed by atoms with Crippen molar-refractivity contribution < 1.29 is 18.3 Å². The van der Waals surface area contributed by atoms with Gasteiger partial charge in [0.05, 0.1) is 11.6 Å². The number of hydrogen-bond acceptors (Lipinski definition) is 3. The maximum Gasteiger partial charge on any atom is 0.185 e. The molecule has 0 heterocycles. The Bertz CT molecular complexity index is 421. The average molecular weight is 243 g/mol. The van der Waals surface area contributed by atoms with Gasteiger partial charge in [-0.15, -0.1) is 0 Å². The molecule has 17 heavy (non-hydrogen) atoms. The summed E-state index contributed by atoms with van der Waals surface area (Å²) in [6.07, 6.45) is 0.224. The molecular weight excluding hydrogens is 228 g/mol. The van der Waals surface area contributed by atoms with Crippen LogP contribution in [0.3, 0.4) is 0 Å². The Morgan fingerprint density at radius 1 is 1.47 bits per heavy atom. The van der Waals surface area contributed by atoms with Gasteiger partial charge in [-0.1, -0.05) is 6.07 Å². The zero-order valence-electron chi connectivity index (χ0n) is 9.80. The number of rotatable bonds is 5. The van der Waals surface area contributed by atoms with Crippen LogP contribution in [0, 0.1) is 18.6 Å². The minimum atomic E-state index is -0.958. The standard InChI is InChI=1S/C12H15F2NO2/c1-7-3-4-8(13)10(11(7)14)12(16)9(15)5-6-17-2/h3-4,9H,5-6,15H2,1-2H3. The molecule has 0 radical (unpaired) electrons. The van der Waals surface area contributed by atoms with Crippen LogP contribution < -0.4 is 5.73 Å². The summed E-state index contributed by atoms with van der Waals surface area (Å²) in [5, 5.41) is 0. The van der Waals surface area contributed by atoms with E-state index in [9.17, 15) is 13.6 Å². The zero-order chi connectivity index (χ0) is 13.0. The second-order valence-corrected chi connectivity index (χ2v) is 3.81. The highest BCUT2D eigenvalue weighted by molar-refractivity contribution is 6.00. The monoisotopic (exact) mass is 243 g/mol. The summed E-state index contributed by atoms with van der Waals surface area (Å²) in [7, 11) is 1.46. The molecule has 0 aliphatic carbocycles. The first-order valence-corrected chi connectivity index (χ1v) is 5.22. The fourth-order valence-electron chi connectivity index (χ4n) is 1.44.